The van der Waals surface area contributed by atoms with Gasteiger partial charge in [-0.2, -0.15) is 0 Å². The summed E-state index contributed by atoms with van der Waals surface area (Å²) in [6.45, 7) is 5.92. The van der Waals surface area contributed by atoms with Gasteiger partial charge < -0.3 is 14.1 Å². The summed E-state index contributed by atoms with van der Waals surface area (Å²) in [5, 5.41) is 0. The quantitative estimate of drug-likeness (QED) is 0.334. The van der Waals surface area contributed by atoms with Crippen LogP contribution >= 0.6 is 0 Å². The van der Waals surface area contributed by atoms with E-state index in [0.29, 0.717) is 11.8 Å². The van der Waals surface area contributed by atoms with E-state index in [4.69, 9.17) is 9.16 Å². The number of benzene rings is 1. The fourth-order valence-electron chi connectivity index (χ4n) is 2.07. The van der Waals surface area contributed by atoms with Crippen molar-refractivity contribution in [2.45, 2.75) is 25.2 Å². The lowest BCUT2D eigenvalue weighted by Crippen LogP contribution is -2.53. The van der Waals surface area contributed by atoms with Gasteiger partial charge in [0.1, 0.15) is 6.73 Å². The van der Waals surface area contributed by atoms with Gasteiger partial charge in [0, 0.05) is 14.2 Å². The minimum atomic E-state index is -2.15. The molecule has 21 heavy (non-hydrogen) atoms. The molecule has 0 aliphatic rings. The Hall–Kier alpha value is -1.50. The second-order valence-corrected chi connectivity index (χ2v) is 10.3. The Kier molecular flexibility index (Phi) is 5.83. The van der Waals surface area contributed by atoms with Crippen LogP contribution in [0, 0.1) is 0 Å². The molecule has 1 aromatic carbocycles. The smallest absolute Gasteiger partial charge is 0.267 e. The molecule has 0 saturated carbocycles. The SMILES string of the molecule is COCN(C)C(=O)C(C=O)(O[Si](C)(C)C)c1ccccc1. The van der Waals surface area contributed by atoms with Crippen LogP contribution < -0.4 is 0 Å². The van der Waals surface area contributed by atoms with Crippen molar-refractivity contribution in [3.8, 4) is 0 Å². The van der Waals surface area contributed by atoms with E-state index in [1.54, 1.807) is 31.3 Å². The minimum Gasteiger partial charge on any atom is -0.395 e. The Morgan fingerprint density at radius 2 is 1.86 bits per heavy atom. The van der Waals surface area contributed by atoms with Gasteiger partial charge in [0.05, 0.1) is 0 Å². The van der Waals surface area contributed by atoms with E-state index in [2.05, 4.69) is 0 Å². The second kappa shape index (κ2) is 6.97. The van der Waals surface area contributed by atoms with Crippen LogP contribution in [0.25, 0.3) is 0 Å². The summed E-state index contributed by atoms with van der Waals surface area (Å²) in [6.07, 6.45) is 0.592. The molecule has 1 unspecified atom stereocenters. The van der Waals surface area contributed by atoms with E-state index in [1.807, 2.05) is 25.7 Å². The van der Waals surface area contributed by atoms with Crippen molar-refractivity contribution in [2.24, 2.45) is 0 Å². The van der Waals surface area contributed by atoms with Crippen molar-refractivity contribution in [1.29, 1.82) is 0 Å². The predicted molar refractivity (Wildman–Crippen MR) is 83.3 cm³/mol. The van der Waals surface area contributed by atoms with E-state index in [0.717, 1.165) is 0 Å². The van der Waals surface area contributed by atoms with Crippen molar-refractivity contribution in [1.82, 2.24) is 4.90 Å². The highest BCUT2D eigenvalue weighted by atomic mass is 28.4. The first-order valence-electron chi connectivity index (χ1n) is 6.73. The number of amides is 1. The molecule has 0 heterocycles. The number of methoxy groups -OCH3 is 1. The molecule has 1 aromatic rings. The Balaban J connectivity index is 3.33. The maximum atomic E-state index is 12.8. The Labute approximate surface area is 127 Å². The first-order valence-corrected chi connectivity index (χ1v) is 10.1. The van der Waals surface area contributed by atoms with Gasteiger partial charge >= 0.3 is 0 Å². The summed E-state index contributed by atoms with van der Waals surface area (Å²) in [5.74, 6) is -0.423. The van der Waals surface area contributed by atoms with Gasteiger partial charge in [-0.05, 0) is 25.2 Å². The Bertz CT molecular complexity index is 486. The highest BCUT2D eigenvalue weighted by molar-refractivity contribution is 6.70. The van der Waals surface area contributed by atoms with Crippen molar-refractivity contribution in [2.75, 3.05) is 20.9 Å². The summed E-state index contributed by atoms with van der Waals surface area (Å²) in [4.78, 5) is 26.0. The lowest BCUT2D eigenvalue weighted by molar-refractivity contribution is -0.156. The lowest BCUT2D eigenvalue weighted by Gasteiger charge is -2.36. The van der Waals surface area contributed by atoms with Crippen LogP contribution in [0.5, 0.6) is 0 Å². The first-order chi connectivity index (χ1) is 9.77. The minimum absolute atomic E-state index is 0.0936. The average Bonchev–Trinajstić information content (AvgIpc) is 2.44. The van der Waals surface area contributed by atoms with Crippen LogP contribution in [0.4, 0.5) is 0 Å². The average molecular weight is 309 g/mol. The number of hydrogen-bond acceptors (Lipinski definition) is 4. The summed E-state index contributed by atoms with van der Waals surface area (Å²) in [5.41, 5.74) is -1.07. The van der Waals surface area contributed by atoms with E-state index < -0.39 is 19.8 Å². The van der Waals surface area contributed by atoms with Crippen LogP contribution in [0.1, 0.15) is 5.56 Å². The number of likely N-dealkylation sites (N-methyl/N-ethyl adjacent to an activating group) is 1. The number of aldehydes is 1. The zero-order chi connectivity index (χ0) is 16.1. The number of hydrogen-bond donors (Lipinski definition) is 0. The number of carbonyl (C=O) groups is 2. The summed E-state index contributed by atoms with van der Waals surface area (Å²) >= 11 is 0. The molecule has 0 aliphatic heterocycles. The van der Waals surface area contributed by atoms with Crippen molar-refractivity contribution in [3.63, 3.8) is 0 Å². The molecule has 0 spiro atoms. The van der Waals surface area contributed by atoms with Gasteiger partial charge in [0.25, 0.3) is 5.91 Å². The van der Waals surface area contributed by atoms with E-state index in [-0.39, 0.29) is 6.73 Å². The van der Waals surface area contributed by atoms with Crippen molar-refractivity contribution in [3.05, 3.63) is 35.9 Å². The zero-order valence-electron chi connectivity index (χ0n) is 13.3. The molecule has 0 saturated heterocycles. The molecule has 0 fully saturated rings. The van der Waals surface area contributed by atoms with Gasteiger partial charge in [-0.1, -0.05) is 30.3 Å². The molecular weight excluding hydrogens is 286 g/mol. The monoisotopic (exact) mass is 309 g/mol. The number of nitrogens with zero attached hydrogens (tertiary/aromatic N) is 1. The highest BCUT2D eigenvalue weighted by Crippen LogP contribution is 2.29. The molecule has 1 atom stereocenters. The third-order valence-electron chi connectivity index (χ3n) is 2.82. The van der Waals surface area contributed by atoms with Gasteiger partial charge in [-0.3, -0.25) is 9.59 Å². The van der Waals surface area contributed by atoms with Crippen molar-refractivity contribution < 1.29 is 18.8 Å². The molecule has 0 bridgehead atoms. The molecule has 0 aromatic heterocycles. The standard InChI is InChI=1S/C15H23NO4Si/c1-16(12-19-2)14(18)15(11-17,20-21(3,4)5)13-9-7-6-8-10-13/h6-11H,12H2,1-5H3. The second-order valence-electron chi connectivity index (χ2n) is 5.85. The molecule has 116 valence electrons. The van der Waals surface area contributed by atoms with Crippen LogP contribution in [0.3, 0.4) is 0 Å². The van der Waals surface area contributed by atoms with Crippen LogP contribution in [-0.2, 0) is 24.4 Å². The van der Waals surface area contributed by atoms with Gasteiger partial charge in [-0.25, -0.2) is 0 Å². The summed E-state index contributed by atoms with van der Waals surface area (Å²) in [6, 6.07) is 8.85. The third-order valence-corrected chi connectivity index (χ3v) is 3.76. The molecule has 0 N–H and O–H groups in total. The fourth-order valence-corrected chi connectivity index (χ4v) is 3.29. The van der Waals surface area contributed by atoms with E-state index >= 15 is 0 Å². The largest absolute Gasteiger partial charge is 0.395 e. The van der Waals surface area contributed by atoms with Crippen LogP contribution in [-0.4, -0.2) is 46.3 Å². The Morgan fingerprint density at radius 3 is 2.29 bits per heavy atom. The predicted octanol–water partition coefficient (Wildman–Crippen LogP) is 1.99. The lowest BCUT2D eigenvalue weighted by atomic mass is 9.94. The molecular formula is C15H23NO4Si. The first kappa shape index (κ1) is 17.5. The maximum absolute atomic E-state index is 12.8. The summed E-state index contributed by atoms with van der Waals surface area (Å²) in [7, 11) is 0.931. The molecule has 0 radical (unpaired) electrons. The summed E-state index contributed by atoms with van der Waals surface area (Å²) < 4.78 is 11.0. The molecule has 1 amide bonds. The molecule has 1 rings (SSSR count). The number of ether oxygens (including phenoxy) is 1. The van der Waals surface area contributed by atoms with Gasteiger partial charge in [0.15, 0.2) is 14.6 Å². The van der Waals surface area contributed by atoms with E-state index in [1.165, 1.54) is 12.0 Å². The number of carbonyl (C=O) groups excluding carboxylic acids is 2. The number of rotatable bonds is 7. The van der Waals surface area contributed by atoms with Crippen LogP contribution in [0.2, 0.25) is 19.6 Å². The van der Waals surface area contributed by atoms with Crippen molar-refractivity contribution >= 4 is 20.5 Å². The fraction of sp³-hybridized carbons (Fsp3) is 0.467. The third kappa shape index (κ3) is 4.23. The Morgan fingerprint density at radius 1 is 1.29 bits per heavy atom. The van der Waals surface area contributed by atoms with Gasteiger partial charge in [-0.15, -0.1) is 0 Å². The highest BCUT2D eigenvalue weighted by Gasteiger charge is 2.46. The zero-order valence-corrected chi connectivity index (χ0v) is 14.3. The topological polar surface area (TPSA) is 55.8 Å². The van der Waals surface area contributed by atoms with Gasteiger partial charge in [0.2, 0.25) is 5.60 Å². The molecule has 5 nitrogen and oxygen atoms in total. The normalized spacial score (nSPS) is 14.3. The van der Waals surface area contributed by atoms with E-state index in [9.17, 15) is 9.59 Å². The maximum Gasteiger partial charge on any atom is 0.267 e. The molecule has 0 aliphatic carbocycles. The van der Waals surface area contributed by atoms with Crippen LogP contribution in [0.15, 0.2) is 30.3 Å². The molecule has 6 heteroatoms.